The van der Waals surface area contributed by atoms with Gasteiger partial charge in [-0.05, 0) is 18.9 Å². The Hall–Kier alpha value is -1.60. The van der Waals surface area contributed by atoms with Gasteiger partial charge >= 0.3 is 0 Å². The highest BCUT2D eigenvalue weighted by atomic mass is 32.2. The van der Waals surface area contributed by atoms with Crippen LogP contribution in [0.5, 0.6) is 0 Å². The van der Waals surface area contributed by atoms with E-state index in [4.69, 9.17) is 0 Å². The van der Waals surface area contributed by atoms with Crippen LogP contribution in [0, 0.1) is 0 Å². The second-order valence-corrected chi connectivity index (χ2v) is 7.54. The SMILES string of the molecule is CCCCNc1nnc(SCC(=O)N(CC)Cc2ccccc2)s1. The standard InChI is InChI=1S/C17H24N4OS2/c1-3-5-11-18-16-19-20-17(24-16)23-13-15(22)21(4-2)12-14-9-7-6-8-10-14/h6-10H,3-5,11-13H2,1-2H3,(H,18,19). The maximum absolute atomic E-state index is 12.4. The molecule has 2 aromatic rings. The van der Waals surface area contributed by atoms with Crippen LogP contribution in [0.15, 0.2) is 34.7 Å². The fourth-order valence-corrected chi connectivity index (χ4v) is 3.79. The van der Waals surface area contributed by atoms with Crippen molar-refractivity contribution in [3.63, 3.8) is 0 Å². The molecule has 0 saturated carbocycles. The van der Waals surface area contributed by atoms with Crippen LogP contribution >= 0.6 is 23.1 Å². The number of rotatable bonds is 10. The number of nitrogens with zero attached hydrogens (tertiary/aromatic N) is 3. The van der Waals surface area contributed by atoms with Crippen LogP contribution in [-0.4, -0.2) is 39.8 Å². The van der Waals surface area contributed by atoms with Crippen LogP contribution in [0.1, 0.15) is 32.3 Å². The number of nitrogens with one attached hydrogen (secondary N) is 1. The van der Waals surface area contributed by atoms with E-state index in [1.165, 1.54) is 23.1 Å². The van der Waals surface area contributed by atoms with Crippen LogP contribution < -0.4 is 5.32 Å². The third kappa shape index (κ3) is 6.13. The first-order chi connectivity index (χ1) is 11.7. The highest BCUT2D eigenvalue weighted by Crippen LogP contribution is 2.25. The summed E-state index contributed by atoms with van der Waals surface area (Å²) >= 11 is 2.96. The van der Waals surface area contributed by atoms with Gasteiger partial charge in [-0.25, -0.2) is 0 Å². The summed E-state index contributed by atoms with van der Waals surface area (Å²) in [6.45, 7) is 6.43. The second kappa shape index (κ2) is 10.3. The first-order valence-electron chi connectivity index (χ1n) is 8.24. The molecule has 0 radical (unpaired) electrons. The van der Waals surface area contributed by atoms with Gasteiger partial charge in [-0.15, -0.1) is 10.2 Å². The number of hydrogen-bond acceptors (Lipinski definition) is 6. The Bertz CT molecular complexity index is 618. The Labute approximate surface area is 151 Å². The van der Waals surface area contributed by atoms with E-state index in [0.29, 0.717) is 18.8 Å². The molecule has 0 atom stereocenters. The summed E-state index contributed by atoms with van der Waals surface area (Å²) in [5.41, 5.74) is 1.15. The Morgan fingerprint density at radius 3 is 2.75 bits per heavy atom. The number of amides is 1. The Kier molecular flexibility index (Phi) is 8.04. The van der Waals surface area contributed by atoms with E-state index in [2.05, 4.69) is 22.4 Å². The van der Waals surface area contributed by atoms with Crippen molar-refractivity contribution < 1.29 is 4.79 Å². The summed E-state index contributed by atoms with van der Waals surface area (Å²) in [5.74, 6) is 0.520. The third-order valence-corrected chi connectivity index (χ3v) is 5.48. The van der Waals surface area contributed by atoms with Gasteiger partial charge < -0.3 is 10.2 Å². The van der Waals surface area contributed by atoms with Gasteiger partial charge in [0.2, 0.25) is 11.0 Å². The van der Waals surface area contributed by atoms with Gasteiger partial charge in [-0.1, -0.05) is 66.8 Å². The van der Waals surface area contributed by atoms with Crippen LogP contribution in [-0.2, 0) is 11.3 Å². The zero-order valence-electron chi connectivity index (χ0n) is 14.2. The van der Waals surface area contributed by atoms with E-state index < -0.39 is 0 Å². The number of hydrogen-bond donors (Lipinski definition) is 1. The van der Waals surface area contributed by atoms with Gasteiger partial charge in [0.1, 0.15) is 0 Å². The number of carbonyl (C=O) groups is 1. The van der Waals surface area contributed by atoms with Crippen LogP contribution in [0.3, 0.4) is 0 Å². The molecule has 0 bridgehead atoms. The molecular weight excluding hydrogens is 340 g/mol. The van der Waals surface area contributed by atoms with Gasteiger partial charge in [0, 0.05) is 19.6 Å². The second-order valence-electron chi connectivity index (χ2n) is 5.34. The van der Waals surface area contributed by atoms with E-state index in [-0.39, 0.29) is 5.91 Å². The molecule has 1 amide bonds. The molecule has 24 heavy (non-hydrogen) atoms. The number of benzene rings is 1. The zero-order chi connectivity index (χ0) is 17.2. The van der Waals surface area contributed by atoms with Crippen molar-refractivity contribution in [2.24, 2.45) is 0 Å². The van der Waals surface area contributed by atoms with Crippen molar-refractivity contribution in [1.29, 1.82) is 0 Å². The number of unbranched alkanes of at least 4 members (excludes halogenated alkanes) is 1. The first-order valence-corrected chi connectivity index (χ1v) is 10.0. The molecule has 0 aliphatic heterocycles. The van der Waals surface area contributed by atoms with Crippen molar-refractivity contribution in [2.75, 3.05) is 24.2 Å². The molecular formula is C17H24N4OS2. The van der Waals surface area contributed by atoms with Gasteiger partial charge in [0.05, 0.1) is 5.75 Å². The Morgan fingerprint density at radius 2 is 2.04 bits per heavy atom. The highest BCUT2D eigenvalue weighted by Gasteiger charge is 2.14. The molecule has 1 heterocycles. The quantitative estimate of drug-likeness (QED) is 0.512. The maximum Gasteiger partial charge on any atom is 0.233 e. The monoisotopic (exact) mass is 364 g/mol. The van der Waals surface area contributed by atoms with Crippen LogP contribution in [0.4, 0.5) is 5.13 Å². The molecule has 1 aromatic heterocycles. The molecule has 0 saturated heterocycles. The van der Waals surface area contributed by atoms with Crippen molar-refractivity contribution >= 4 is 34.1 Å². The maximum atomic E-state index is 12.4. The molecule has 7 heteroatoms. The topological polar surface area (TPSA) is 58.1 Å². The van der Waals surface area contributed by atoms with Crippen LogP contribution in [0.25, 0.3) is 0 Å². The molecule has 1 aromatic carbocycles. The lowest BCUT2D eigenvalue weighted by Gasteiger charge is -2.20. The first kappa shape index (κ1) is 18.7. The number of aromatic nitrogens is 2. The largest absolute Gasteiger partial charge is 0.360 e. The number of thioether (sulfide) groups is 1. The highest BCUT2D eigenvalue weighted by molar-refractivity contribution is 8.01. The van der Waals surface area contributed by atoms with Gasteiger partial charge in [-0.2, -0.15) is 0 Å². The minimum absolute atomic E-state index is 0.127. The molecule has 2 rings (SSSR count). The lowest BCUT2D eigenvalue weighted by molar-refractivity contribution is -0.128. The van der Waals surface area contributed by atoms with Crippen molar-refractivity contribution in [2.45, 2.75) is 37.6 Å². The molecule has 1 N–H and O–H groups in total. The van der Waals surface area contributed by atoms with Gasteiger partial charge in [0.25, 0.3) is 0 Å². The normalized spacial score (nSPS) is 10.6. The zero-order valence-corrected chi connectivity index (χ0v) is 15.8. The van der Waals surface area contributed by atoms with Crippen molar-refractivity contribution in [3.8, 4) is 0 Å². The molecule has 130 valence electrons. The summed E-state index contributed by atoms with van der Waals surface area (Å²) in [6, 6.07) is 10.1. The van der Waals surface area contributed by atoms with E-state index in [0.717, 1.165) is 34.4 Å². The average molecular weight is 365 g/mol. The van der Waals surface area contributed by atoms with E-state index in [9.17, 15) is 4.79 Å². The third-order valence-electron chi connectivity index (χ3n) is 3.48. The molecule has 0 aliphatic carbocycles. The Morgan fingerprint density at radius 1 is 1.25 bits per heavy atom. The molecule has 0 spiro atoms. The summed E-state index contributed by atoms with van der Waals surface area (Å²) < 4.78 is 0.832. The lowest BCUT2D eigenvalue weighted by Crippen LogP contribution is -2.31. The van der Waals surface area contributed by atoms with Crippen molar-refractivity contribution in [3.05, 3.63) is 35.9 Å². The minimum atomic E-state index is 0.127. The van der Waals surface area contributed by atoms with Crippen LogP contribution in [0.2, 0.25) is 0 Å². The summed E-state index contributed by atoms with van der Waals surface area (Å²) in [6.07, 6.45) is 2.27. The Balaban J connectivity index is 1.80. The molecule has 0 fully saturated rings. The summed E-state index contributed by atoms with van der Waals surface area (Å²) in [5, 5.41) is 12.3. The average Bonchev–Trinajstić information content (AvgIpc) is 3.06. The minimum Gasteiger partial charge on any atom is -0.360 e. The predicted molar refractivity (Wildman–Crippen MR) is 102 cm³/mol. The fourth-order valence-electron chi connectivity index (χ4n) is 2.11. The smallest absolute Gasteiger partial charge is 0.233 e. The van der Waals surface area contributed by atoms with E-state index in [1.54, 1.807) is 0 Å². The molecule has 0 unspecified atom stereocenters. The molecule has 5 nitrogen and oxygen atoms in total. The molecule has 0 aliphatic rings. The van der Waals surface area contributed by atoms with E-state index in [1.807, 2.05) is 42.2 Å². The van der Waals surface area contributed by atoms with Gasteiger partial charge in [0.15, 0.2) is 4.34 Å². The number of anilines is 1. The van der Waals surface area contributed by atoms with Crippen molar-refractivity contribution in [1.82, 2.24) is 15.1 Å². The summed E-state index contributed by atoms with van der Waals surface area (Å²) in [7, 11) is 0. The number of carbonyl (C=O) groups excluding carboxylic acids is 1. The fraction of sp³-hybridized carbons (Fsp3) is 0.471. The summed E-state index contributed by atoms with van der Waals surface area (Å²) in [4.78, 5) is 14.3. The van der Waals surface area contributed by atoms with E-state index >= 15 is 0 Å². The van der Waals surface area contributed by atoms with Gasteiger partial charge in [-0.3, -0.25) is 4.79 Å². The predicted octanol–water partition coefficient (Wildman–Crippen LogP) is 3.89. The lowest BCUT2D eigenvalue weighted by atomic mass is 10.2.